The van der Waals surface area contributed by atoms with E-state index in [-0.39, 0.29) is 24.8 Å². The number of hydrogen-bond donors (Lipinski definition) is 0. The van der Waals surface area contributed by atoms with Crippen LogP contribution in [0.1, 0.15) is 19.8 Å². The fraction of sp³-hybridized carbons (Fsp3) is 0.538. The number of esters is 1. The molecule has 1 aromatic rings. The van der Waals surface area contributed by atoms with Gasteiger partial charge in [0, 0.05) is 29.6 Å². The Morgan fingerprint density at radius 3 is 2.84 bits per heavy atom. The molecule has 19 heavy (non-hydrogen) atoms. The van der Waals surface area contributed by atoms with Crippen molar-refractivity contribution >= 4 is 21.9 Å². The third-order valence-electron chi connectivity index (χ3n) is 2.78. The third-order valence-corrected chi connectivity index (χ3v) is 3.25. The summed E-state index contributed by atoms with van der Waals surface area (Å²) >= 11 is 3.32. The third kappa shape index (κ3) is 4.47. The molecule has 0 spiro atoms. The molecular weight excluding hydrogens is 314 g/mol. The van der Waals surface area contributed by atoms with Crippen molar-refractivity contribution in [3.05, 3.63) is 22.8 Å². The van der Waals surface area contributed by atoms with Gasteiger partial charge in [0.1, 0.15) is 12.7 Å². The molecule has 1 aromatic heterocycles. The Balaban J connectivity index is 1.63. The van der Waals surface area contributed by atoms with E-state index in [1.807, 2.05) is 12.1 Å². The summed E-state index contributed by atoms with van der Waals surface area (Å²) in [4.78, 5) is 15.2. The van der Waals surface area contributed by atoms with Gasteiger partial charge in [-0.15, -0.1) is 0 Å². The van der Waals surface area contributed by atoms with E-state index >= 15 is 0 Å². The van der Waals surface area contributed by atoms with Crippen LogP contribution in [0.4, 0.5) is 0 Å². The Kier molecular flexibility index (Phi) is 5.15. The predicted octanol–water partition coefficient (Wildman–Crippen LogP) is 2.33. The first-order valence-corrected chi connectivity index (χ1v) is 7.02. The Hall–Kier alpha value is -1.14. The maximum atomic E-state index is 11.1. The molecule has 0 aromatic carbocycles. The van der Waals surface area contributed by atoms with Gasteiger partial charge in [-0.2, -0.15) is 0 Å². The van der Waals surface area contributed by atoms with E-state index in [2.05, 4.69) is 20.9 Å². The van der Waals surface area contributed by atoms with Gasteiger partial charge in [-0.05, 0) is 28.9 Å². The van der Waals surface area contributed by atoms with Crippen LogP contribution < -0.4 is 4.74 Å². The van der Waals surface area contributed by atoms with Crippen LogP contribution >= 0.6 is 15.9 Å². The number of carbonyl (C=O) groups is 1. The maximum Gasteiger partial charge on any atom is 0.332 e. The molecule has 0 amide bonds. The molecule has 1 aliphatic rings. The van der Waals surface area contributed by atoms with Crippen LogP contribution in [-0.4, -0.2) is 36.4 Å². The summed E-state index contributed by atoms with van der Waals surface area (Å²) in [5.41, 5.74) is 0. The number of hydrogen-bond acceptors (Lipinski definition) is 5. The molecule has 104 valence electrons. The normalized spacial score (nSPS) is 21.6. The highest BCUT2D eigenvalue weighted by Gasteiger charge is 2.32. The quantitative estimate of drug-likeness (QED) is 0.750. The molecule has 0 unspecified atom stereocenters. The first kappa shape index (κ1) is 14.3. The fourth-order valence-electron chi connectivity index (χ4n) is 1.74. The highest BCUT2D eigenvalue weighted by molar-refractivity contribution is 9.10. The largest absolute Gasteiger partial charge is 0.474 e. The second kappa shape index (κ2) is 6.86. The number of carbonyl (C=O) groups excluding carboxylic acids is 1. The van der Waals surface area contributed by atoms with E-state index in [9.17, 15) is 4.79 Å². The van der Waals surface area contributed by atoms with Crippen molar-refractivity contribution in [2.75, 3.05) is 13.2 Å². The van der Waals surface area contributed by atoms with E-state index in [0.29, 0.717) is 12.5 Å². The van der Waals surface area contributed by atoms with Crippen molar-refractivity contribution in [2.45, 2.75) is 32.0 Å². The standard InChI is InChI=1S/C13H16BrNO4/c1-2-17-13(16)8-18-10-5-11(6-10)19-12-4-3-9(14)7-15-12/h3-4,7,10-11H,2,5-6,8H2,1H3. The van der Waals surface area contributed by atoms with Crippen LogP contribution in [0.5, 0.6) is 5.88 Å². The fourth-order valence-corrected chi connectivity index (χ4v) is 1.98. The van der Waals surface area contributed by atoms with Gasteiger partial charge in [-0.3, -0.25) is 0 Å². The summed E-state index contributed by atoms with van der Waals surface area (Å²) in [6.45, 7) is 2.17. The first-order valence-electron chi connectivity index (χ1n) is 6.22. The summed E-state index contributed by atoms with van der Waals surface area (Å²) in [6.07, 6.45) is 3.43. The van der Waals surface area contributed by atoms with Gasteiger partial charge in [0.2, 0.25) is 5.88 Å². The van der Waals surface area contributed by atoms with Crippen molar-refractivity contribution in [1.82, 2.24) is 4.98 Å². The predicted molar refractivity (Wildman–Crippen MR) is 72.0 cm³/mol. The van der Waals surface area contributed by atoms with Crippen molar-refractivity contribution in [3.63, 3.8) is 0 Å². The molecule has 0 N–H and O–H groups in total. The minimum atomic E-state index is -0.318. The molecule has 2 rings (SSSR count). The zero-order valence-corrected chi connectivity index (χ0v) is 12.3. The summed E-state index contributed by atoms with van der Waals surface area (Å²) in [6, 6.07) is 3.70. The lowest BCUT2D eigenvalue weighted by atomic mass is 9.92. The van der Waals surface area contributed by atoms with Gasteiger partial charge >= 0.3 is 5.97 Å². The van der Waals surface area contributed by atoms with Crippen LogP contribution in [-0.2, 0) is 14.3 Å². The molecule has 1 aliphatic carbocycles. The number of pyridine rings is 1. The second-order valence-electron chi connectivity index (χ2n) is 4.26. The minimum absolute atomic E-state index is 0.0156. The molecular formula is C13H16BrNO4. The Bertz CT molecular complexity index is 417. The summed E-state index contributed by atoms with van der Waals surface area (Å²) in [5, 5.41) is 0. The Morgan fingerprint density at radius 2 is 2.21 bits per heavy atom. The van der Waals surface area contributed by atoms with E-state index in [0.717, 1.165) is 17.3 Å². The SMILES string of the molecule is CCOC(=O)COC1CC(Oc2ccc(Br)cn2)C1. The van der Waals surface area contributed by atoms with E-state index in [1.165, 1.54) is 0 Å². The average Bonchev–Trinajstić information content (AvgIpc) is 2.34. The maximum absolute atomic E-state index is 11.1. The van der Waals surface area contributed by atoms with Crippen LogP contribution in [0.2, 0.25) is 0 Å². The van der Waals surface area contributed by atoms with Gasteiger partial charge in [0.15, 0.2) is 0 Å². The smallest absolute Gasteiger partial charge is 0.332 e. The lowest BCUT2D eigenvalue weighted by Gasteiger charge is -2.34. The highest BCUT2D eigenvalue weighted by Crippen LogP contribution is 2.27. The molecule has 0 bridgehead atoms. The molecule has 0 radical (unpaired) electrons. The molecule has 0 aliphatic heterocycles. The van der Waals surface area contributed by atoms with E-state index < -0.39 is 0 Å². The van der Waals surface area contributed by atoms with Crippen molar-refractivity contribution in [3.8, 4) is 5.88 Å². The number of aromatic nitrogens is 1. The number of ether oxygens (including phenoxy) is 3. The van der Waals surface area contributed by atoms with Gasteiger partial charge in [-0.1, -0.05) is 0 Å². The lowest BCUT2D eigenvalue weighted by Crippen LogP contribution is -2.40. The molecule has 5 nitrogen and oxygen atoms in total. The van der Waals surface area contributed by atoms with Crippen molar-refractivity contribution < 1.29 is 19.0 Å². The topological polar surface area (TPSA) is 57.7 Å². The number of rotatable bonds is 6. The van der Waals surface area contributed by atoms with Crippen LogP contribution in [0.25, 0.3) is 0 Å². The Morgan fingerprint density at radius 1 is 1.42 bits per heavy atom. The number of halogens is 1. The summed E-state index contributed by atoms with van der Waals surface area (Å²) in [5.74, 6) is 0.290. The van der Waals surface area contributed by atoms with Gasteiger partial charge in [0.25, 0.3) is 0 Å². The molecule has 1 fully saturated rings. The van der Waals surface area contributed by atoms with Gasteiger partial charge in [-0.25, -0.2) is 9.78 Å². The molecule has 1 heterocycles. The average molecular weight is 330 g/mol. The lowest BCUT2D eigenvalue weighted by molar-refractivity contribution is -0.155. The van der Waals surface area contributed by atoms with Crippen LogP contribution in [0.15, 0.2) is 22.8 Å². The van der Waals surface area contributed by atoms with Crippen molar-refractivity contribution in [1.29, 1.82) is 0 Å². The molecule has 0 atom stereocenters. The van der Waals surface area contributed by atoms with Gasteiger partial charge in [0.05, 0.1) is 12.7 Å². The van der Waals surface area contributed by atoms with Crippen LogP contribution in [0, 0.1) is 0 Å². The second-order valence-corrected chi connectivity index (χ2v) is 5.18. The Labute approximate surface area is 120 Å². The van der Waals surface area contributed by atoms with Crippen molar-refractivity contribution in [2.24, 2.45) is 0 Å². The van der Waals surface area contributed by atoms with Gasteiger partial charge < -0.3 is 14.2 Å². The van der Waals surface area contributed by atoms with E-state index in [4.69, 9.17) is 14.2 Å². The molecule has 0 saturated heterocycles. The summed E-state index contributed by atoms with van der Waals surface area (Å²) in [7, 11) is 0. The van der Waals surface area contributed by atoms with Crippen LogP contribution in [0.3, 0.4) is 0 Å². The highest BCUT2D eigenvalue weighted by atomic mass is 79.9. The minimum Gasteiger partial charge on any atom is -0.474 e. The number of nitrogens with zero attached hydrogens (tertiary/aromatic N) is 1. The first-order chi connectivity index (χ1) is 9.17. The monoisotopic (exact) mass is 329 g/mol. The molecule has 1 saturated carbocycles. The molecule has 6 heteroatoms. The van der Waals surface area contributed by atoms with E-state index in [1.54, 1.807) is 13.1 Å². The zero-order valence-electron chi connectivity index (χ0n) is 10.7. The zero-order chi connectivity index (χ0) is 13.7. The summed E-state index contributed by atoms with van der Waals surface area (Å²) < 4.78 is 16.8.